The third-order valence-electron chi connectivity index (χ3n) is 7.48. The second-order valence-corrected chi connectivity index (χ2v) is 11.3. The van der Waals surface area contributed by atoms with Gasteiger partial charge in [-0.2, -0.15) is 0 Å². The third kappa shape index (κ3) is 5.48. The van der Waals surface area contributed by atoms with Crippen molar-refractivity contribution in [3.8, 4) is 0 Å². The second-order valence-electron chi connectivity index (χ2n) is 10.3. The van der Waals surface area contributed by atoms with Crippen molar-refractivity contribution in [2.75, 3.05) is 28.6 Å². The van der Waals surface area contributed by atoms with E-state index in [1.165, 1.54) is 17.4 Å². The molecule has 2 aromatic heterocycles. The van der Waals surface area contributed by atoms with Crippen LogP contribution in [0, 0.1) is 6.92 Å². The number of para-hydroxylation sites is 1. The fourth-order valence-corrected chi connectivity index (χ4v) is 6.59. The number of rotatable bonds is 6. The maximum atomic E-state index is 13.6. The highest BCUT2D eigenvalue weighted by atomic mass is 32.1. The van der Waals surface area contributed by atoms with Crippen molar-refractivity contribution in [2.45, 2.75) is 70.1 Å². The molecule has 10 heteroatoms. The third-order valence-corrected chi connectivity index (χ3v) is 8.68. The molecule has 3 heterocycles. The van der Waals surface area contributed by atoms with Gasteiger partial charge in [0.05, 0.1) is 33.8 Å². The van der Waals surface area contributed by atoms with Crippen molar-refractivity contribution in [1.29, 1.82) is 0 Å². The van der Waals surface area contributed by atoms with Crippen LogP contribution < -0.4 is 15.5 Å². The monoisotopic (exact) mass is 537 g/mol. The normalized spacial score (nSPS) is 22.2. The molecule has 3 aromatic rings. The summed E-state index contributed by atoms with van der Waals surface area (Å²) in [6.45, 7) is 6.76. The van der Waals surface area contributed by atoms with Crippen molar-refractivity contribution in [2.24, 2.45) is 0 Å². The summed E-state index contributed by atoms with van der Waals surface area (Å²) >= 11 is 1.29. The van der Waals surface area contributed by atoms with Crippen LogP contribution in [0.5, 0.6) is 0 Å². The minimum atomic E-state index is -0.461. The van der Waals surface area contributed by atoms with Crippen molar-refractivity contribution < 1.29 is 19.8 Å². The second kappa shape index (κ2) is 11.3. The number of hydrogen-bond donors (Lipinski definition) is 4. The predicted molar refractivity (Wildman–Crippen MR) is 151 cm³/mol. The Morgan fingerprint density at radius 2 is 1.89 bits per heavy atom. The molecule has 1 aliphatic carbocycles. The van der Waals surface area contributed by atoms with E-state index in [0.29, 0.717) is 35.9 Å². The number of aliphatic hydroxyl groups is 2. The molecule has 4 N–H and O–H groups in total. The first-order valence-electron chi connectivity index (χ1n) is 13.3. The van der Waals surface area contributed by atoms with Crippen LogP contribution >= 0.6 is 11.3 Å². The van der Waals surface area contributed by atoms with Crippen molar-refractivity contribution in [3.63, 3.8) is 0 Å². The predicted octanol–water partition coefficient (Wildman–Crippen LogP) is 4.61. The molecule has 1 saturated carbocycles. The van der Waals surface area contributed by atoms with Gasteiger partial charge in [-0.05, 0) is 75.6 Å². The molecule has 38 heavy (non-hydrogen) atoms. The molecule has 0 radical (unpaired) electrons. The molecule has 202 valence electrons. The maximum absolute atomic E-state index is 13.6. The Hall–Kier alpha value is -3.21. The lowest BCUT2D eigenvalue weighted by atomic mass is 9.92. The molecular weight excluding hydrogens is 502 g/mol. The van der Waals surface area contributed by atoms with E-state index in [2.05, 4.69) is 21.8 Å². The topological polar surface area (TPSA) is 120 Å². The van der Waals surface area contributed by atoms with E-state index in [4.69, 9.17) is 4.98 Å². The summed E-state index contributed by atoms with van der Waals surface area (Å²) in [6.07, 6.45) is 6.08. The Labute approximate surface area is 226 Å². The molecule has 1 atom stereocenters. The summed E-state index contributed by atoms with van der Waals surface area (Å²) in [5.41, 5.74) is 3.42. The SMILES string of the molecule is C=CC(=O)Nc1cc(C(=O)Nc2nc3cccc(C)c3n2C2CCC(O)CC2)sc1N1CCCC[C@H](O)C1. The van der Waals surface area contributed by atoms with Crippen LogP contribution in [0.1, 0.15) is 66.2 Å². The number of β-amino-alcohol motifs (C(OH)–C–C–N with tert-alkyl or cyclic N) is 1. The number of aromatic nitrogens is 2. The minimum absolute atomic E-state index is 0.125. The van der Waals surface area contributed by atoms with Gasteiger partial charge in [0.1, 0.15) is 5.00 Å². The largest absolute Gasteiger partial charge is 0.393 e. The lowest BCUT2D eigenvalue weighted by Gasteiger charge is -2.28. The van der Waals surface area contributed by atoms with E-state index < -0.39 is 6.10 Å². The zero-order chi connectivity index (χ0) is 26.8. The Kier molecular flexibility index (Phi) is 7.83. The van der Waals surface area contributed by atoms with Gasteiger partial charge in [-0.25, -0.2) is 4.98 Å². The minimum Gasteiger partial charge on any atom is -0.393 e. The van der Waals surface area contributed by atoms with Gasteiger partial charge in [-0.15, -0.1) is 11.3 Å². The summed E-state index contributed by atoms with van der Waals surface area (Å²) in [4.78, 5) is 33.0. The number of thiophene rings is 1. The highest BCUT2D eigenvalue weighted by Gasteiger charge is 2.28. The van der Waals surface area contributed by atoms with E-state index in [1.54, 1.807) is 6.07 Å². The Morgan fingerprint density at radius 3 is 2.66 bits per heavy atom. The summed E-state index contributed by atoms with van der Waals surface area (Å²) in [5.74, 6) is -0.184. The zero-order valence-corrected chi connectivity index (χ0v) is 22.5. The molecule has 2 aliphatic rings. The van der Waals surface area contributed by atoms with Gasteiger partial charge >= 0.3 is 0 Å². The van der Waals surface area contributed by atoms with E-state index in [9.17, 15) is 19.8 Å². The molecular formula is C28H35N5O4S. The van der Waals surface area contributed by atoms with Gasteiger partial charge in [-0.3, -0.25) is 14.9 Å². The number of anilines is 3. The van der Waals surface area contributed by atoms with E-state index in [0.717, 1.165) is 60.2 Å². The summed E-state index contributed by atoms with van der Waals surface area (Å²) in [6, 6.07) is 7.76. The number of hydrogen-bond acceptors (Lipinski definition) is 7. The Balaban J connectivity index is 1.48. The van der Waals surface area contributed by atoms with Gasteiger partial charge in [0, 0.05) is 19.1 Å². The average Bonchev–Trinajstić information content (AvgIpc) is 3.41. The highest BCUT2D eigenvalue weighted by Crippen LogP contribution is 2.39. The van der Waals surface area contributed by atoms with Gasteiger partial charge in [0.2, 0.25) is 11.9 Å². The van der Waals surface area contributed by atoms with Crippen LogP contribution in [0.4, 0.5) is 16.6 Å². The Bertz CT molecular complexity index is 1340. The van der Waals surface area contributed by atoms with Gasteiger partial charge in [0.15, 0.2) is 0 Å². The summed E-state index contributed by atoms with van der Waals surface area (Å²) < 4.78 is 2.12. The molecule has 0 bridgehead atoms. The van der Waals surface area contributed by atoms with Gasteiger partial charge in [-0.1, -0.05) is 18.7 Å². The number of carbonyl (C=O) groups is 2. The number of nitrogens with one attached hydrogen (secondary N) is 2. The van der Waals surface area contributed by atoms with E-state index >= 15 is 0 Å². The number of nitrogens with zero attached hydrogens (tertiary/aromatic N) is 3. The van der Waals surface area contributed by atoms with E-state index in [1.807, 2.05) is 30.0 Å². The van der Waals surface area contributed by atoms with E-state index in [-0.39, 0.29) is 24.0 Å². The fourth-order valence-electron chi connectivity index (χ4n) is 5.55. The highest BCUT2D eigenvalue weighted by molar-refractivity contribution is 7.18. The van der Waals surface area contributed by atoms with Crippen LogP contribution in [0.25, 0.3) is 11.0 Å². The quantitative estimate of drug-likeness (QED) is 0.341. The lowest BCUT2D eigenvalue weighted by Crippen LogP contribution is -2.30. The number of amides is 2. The first-order valence-corrected chi connectivity index (χ1v) is 14.1. The molecule has 2 amide bonds. The number of aryl methyl sites for hydroxylation is 1. The molecule has 9 nitrogen and oxygen atoms in total. The van der Waals surface area contributed by atoms with Crippen LogP contribution in [0.15, 0.2) is 36.9 Å². The van der Waals surface area contributed by atoms with Crippen molar-refractivity contribution >= 4 is 50.8 Å². The Morgan fingerprint density at radius 1 is 1.11 bits per heavy atom. The number of imidazole rings is 1. The zero-order valence-electron chi connectivity index (χ0n) is 21.7. The number of carbonyl (C=O) groups excluding carboxylic acids is 2. The fraction of sp³-hybridized carbons (Fsp3) is 0.464. The van der Waals surface area contributed by atoms with Crippen LogP contribution in [-0.4, -0.2) is 56.9 Å². The molecule has 2 fully saturated rings. The van der Waals surface area contributed by atoms with Crippen molar-refractivity contribution in [3.05, 3.63) is 47.4 Å². The molecule has 5 rings (SSSR count). The standard InChI is InChI=1S/C28H35N5O4S/c1-3-24(36)29-22-15-23(38-27(22)32-14-5-4-8-20(35)16-32)26(37)31-28-30-21-9-6-7-17(2)25(21)33(28)18-10-12-19(34)13-11-18/h3,6-7,9,15,18-20,34-35H,1,4-5,8,10-14,16H2,2H3,(H,29,36)(H,30,31,37)/t18?,19?,20-/m0/s1. The van der Waals surface area contributed by atoms with Crippen LogP contribution in [0.2, 0.25) is 0 Å². The van der Waals surface area contributed by atoms with Crippen LogP contribution in [0.3, 0.4) is 0 Å². The molecule has 1 aromatic carbocycles. The molecule has 0 spiro atoms. The lowest BCUT2D eigenvalue weighted by molar-refractivity contribution is -0.111. The maximum Gasteiger partial charge on any atom is 0.268 e. The molecule has 1 saturated heterocycles. The molecule has 0 unspecified atom stereocenters. The van der Waals surface area contributed by atoms with Crippen LogP contribution in [-0.2, 0) is 4.79 Å². The number of aliphatic hydroxyl groups excluding tert-OH is 2. The first-order chi connectivity index (χ1) is 18.3. The first kappa shape index (κ1) is 26.4. The van der Waals surface area contributed by atoms with Gasteiger partial charge < -0.3 is 25.0 Å². The smallest absolute Gasteiger partial charge is 0.268 e. The summed E-state index contributed by atoms with van der Waals surface area (Å²) in [5, 5.41) is 27.0. The van der Waals surface area contributed by atoms with Crippen molar-refractivity contribution in [1.82, 2.24) is 9.55 Å². The summed E-state index contributed by atoms with van der Waals surface area (Å²) in [7, 11) is 0. The average molecular weight is 538 g/mol. The number of benzene rings is 1. The van der Waals surface area contributed by atoms with Gasteiger partial charge in [0.25, 0.3) is 5.91 Å². The number of fused-ring (bicyclic) bond motifs is 1. The molecule has 1 aliphatic heterocycles.